The van der Waals surface area contributed by atoms with Gasteiger partial charge in [-0.15, -0.1) is 0 Å². The monoisotopic (exact) mass is 313 g/mol. The van der Waals surface area contributed by atoms with Crippen molar-refractivity contribution in [1.82, 2.24) is 5.32 Å². The molecule has 1 aliphatic carbocycles. The second-order valence-electron chi connectivity index (χ2n) is 5.48. The van der Waals surface area contributed by atoms with E-state index in [9.17, 15) is 9.50 Å². The Labute approximate surface area is 130 Å². The summed E-state index contributed by atoms with van der Waals surface area (Å²) in [7, 11) is 0. The highest BCUT2D eigenvalue weighted by Gasteiger charge is 2.26. The molecule has 1 aliphatic rings. The molecule has 21 heavy (non-hydrogen) atoms. The molecule has 1 aromatic carbocycles. The summed E-state index contributed by atoms with van der Waals surface area (Å²) in [6.07, 6.45) is 5.26. The van der Waals surface area contributed by atoms with Crippen LogP contribution in [0, 0.1) is 5.82 Å². The lowest BCUT2D eigenvalue weighted by molar-refractivity contribution is 0.0268. The van der Waals surface area contributed by atoms with Crippen LogP contribution in [0.1, 0.15) is 24.8 Å². The topological polar surface area (TPSA) is 41.5 Å². The second-order valence-corrected chi connectivity index (χ2v) is 6.56. The number of benzene rings is 1. The first-order chi connectivity index (χ1) is 10.2. The number of rotatable bonds is 8. The van der Waals surface area contributed by atoms with Crippen LogP contribution >= 0.6 is 11.8 Å². The van der Waals surface area contributed by atoms with E-state index in [1.54, 1.807) is 18.2 Å². The number of aliphatic hydroxyl groups excluding tert-OH is 1. The molecule has 3 atom stereocenters. The average Bonchev–Trinajstić information content (AvgIpc) is 2.94. The lowest BCUT2D eigenvalue weighted by atomic mass is 10.2. The van der Waals surface area contributed by atoms with Crippen LogP contribution in [0.5, 0.6) is 0 Å². The summed E-state index contributed by atoms with van der Waals surface area (Å²) in [5.41, 5.74) is 0.524. The minimum atomic E-state index is -0.556. The molecule has 1 fully saturated rings. The molecule has 1 saturated carbocycles. The van der Waals surface area contributed by atoms with Crippen LogP contribution in [0.4, 0.5) is 4.39 Å². The highest BCUT2D eigenvalue weighted by atomic mass is 32.2. The number of aliphatic hydroxyl groups is 1. The molecule has 0 aliphatic heterocycles. The third-order valence-corrected chi connectivity index (χ3v) is 5.07. The highest BCUT2D eigenvalue weighted by Crippen LogP contribution is 2.28. The molecule has 0 aromatic heterocycles. The Kier molecular flexibility index (Phi) is 6.96. The van der Waals surface area contributed by atoms with Crippen molar-refractivity contribution in [2.75, 3.05) is 19.4 Å². The summed E-state index contributed by atoms with van der Waals surface area (Å²) < 4.78 is 18.8. The van der Waals surface area contributed by atoms with E-state index in [-0.39, 0.29) is 19.0 Å². The van der Waals surface area contributed by atoms with Crippen molar-refractivity contribution in [1.29, 1.82) is 0 Å². The maximum Gasteiger partial charge on any atom is 0.128 e. The lowest BCUT2D eigenvalue weighted by Gasteiger charge is -2.21. The lowest BCUT2D eigenvalue weighted by Crippen LogP contribution is -2.40. The van der Waals surface area contributed by atoms with E-state index in [1.165, 1.54) is 25.3 Å². The maximum absolute atomic E-state index is 13.4. The molecule has 118 valence electrons. The molecule has 0 radical (unpaired) electrons. The van der Waals surface area contributed by atoms with Crippen LogP contribution in [0.25, 0.3) is 0 Å². The van der Waals surface area contributed by atoms with Gasteiger partial charge in [0, 0.05) is 23.4 Å². The molecule has 0 bridgehead atoms. The fourth-order valence-electron chi connectivity index (χ4n) is 2.71. The van der Waals surface area contributed by atoms with Crippen molar-refractivity contribution in [3.63, 3.8) is 0 Å². The van der Waals surface area contributed by atoms with Gasteiger partial charge in [-0.2, -0.15) is 11.8 Å². The summed E-state index contributed by atoms with van der Waals surface area (Å²) in [6.45, 7) is 0.942. The van der Waals surface area contributed by atoms with Crippen molar-refractivity contribution in [3.05, 3.63) is 35.6 Å². The smallest absolute Gasteiger partial charge is 0.128 e. The fraction of sp³-hybridized carbons (Fsp3) is 0.625. The molecule has 3 nitrogen and oxygen atoms in total. The normalized spacial score (nSPS) is 23.4. The van der Waals surface area contributed by atoms with Crippen LogP contribution in [-0.4, -0.2) is 41.9 Å². The Hall–Kier alpha value is -0.620. The first-order valence-corrected chi connectivity index (χ1v) is 8.75. The summed E-state index contributed by atoms with van der Waals surface area (Å²) in [5.74, 6) is -0.265. The molecular weight excluding hydrogens is 289 g/mol. The van der Waals surface area contributed by atoms with Crippen molar-refractivity contribution >= 4 is 11.8 Å². The fourth-order valence-corrected chi connectivity index (χ4v) is 3.67. The van der Waals surface area contributed by atoms with Crippen molar-refractivity contribution in [2.24, 2.45) is 0 Å². The van der Waals surface area contributed by atoms with Gasteiger partial charge in [0.15, 0.2) is 0 Å². The Morgan fingerprint density at radius 1 is 1.43 bits per heavy atom. The van der Waals surface area contributed by atoms with E-state index in [1.807, 2.05) is 11.8 Å². The van der Waals surface area contributed by atoms with Gasteiger partial charge in [0.2, 0.25) is 0 Å². The van der Waals surface area contributed by atoms with Crippen molar-refractivity contribution in [3.8, 4) is 0 Å². The number of thioether (sulfide) groups is 1. The van der Waals surface area contributed by atoms with E-state index in [0.29, 0.717) is 23.4 Å². The first-order valence-electron chi connectivity index (χ1n) is 7.46. The summed E-state index contributed by atoms with van der Waals surface area (Å²) >= 11 is 1.89. The zero-order valence-electron chi connectivity index (χ0n) is 12.4. The number of halogens is 1. The number of hydrogen-bond donors (Lipinski definition) is 2. The van der Waals surface area contributed by atoms with Crippen LogP contribution in [0.2, 0.25) is 0 Å². The number of hydrogen-bond acceptors (Lipinski definition) is 4. The van der Waals surface area contributed by atoms with Gasteiger partial charge in [-0.3, -0.25) is 0 Å². The van der Waals surface area contributed by atoms with E-state index in [4.69, 9.17) is 4.74 Å². The predicted octanol–water partition coefficient (Wildman–Crippen LogP) is 2.58. The van der Waals surface area contributed by atoms with Gasteiger partial charge in [0.1, 0.15) is 5.82 Å². The van der Waals surface area contributed by atoms with Gasteiger partial charge in [0.25, 0.3) is 0 Å². The van der Waals surface area contributed by atoms with Crippen molar-refractivity contribution < 1.29 is 14.2 Å². The molecule has 2 N–H and O–H groups in total. The third-order valence-electron chi connectivity index (χ3n) is 3.90. The van der Waals surface area contributed by atoms with Crippen LogP contribution in [0.3, 0.4) is 0 Å². The van der Waals surface area contributed by atoms with Crippen molar-refractivity contribution in [2.45, 2.75) is 43.3 Å². The van der Waals surface area contributed by atoms with Gasteiger partial charge in [-0.1, -0.05) is 24.6 Å². The van der Waals surface area contributed by atoms with Gasteiger partial charge < -0.3 is 15.2 Å². The van der Waals surface area contributed by atoms with Gasteiger partial charge in [-0.05, 0) is 25.2 Å². The van der Waals surface area contributed by atoms with E-state index in [0.717, 1.165) is 0 Å². The standard InChI is InChI=1S/C16H24FNO2S/c1-21-16-8-4-7-15(16)18-9-13(19)11-20-10-12-5-2-3-6-14(12)17/h2-3,5-6,13,15-16,18-19H,4,7-11H2,1H3. The van der Waals surface area contributed by atoms with Crippen LogP contribution in [0.15, 0.2) is 24.3 Å². The van der Waals surface area contributed by atoms with Crippen LogP contribution in [-0.2, 0) is 11.3 Å². The largest absolute Gasteiger partial charge is 0.389 e. The molecule has 0 heterocycles. The minimum Gasteiger partial charge on any atom is -0.389 e. The first kappa shape index (κ1) is 16.7. The molecule has 5 heteroatoms. The third kappa shape index (κ3) is 5.25. The summed E-state index contributed by atoms with van der Waals surface area (Å²) in [4.78, 5) is 0. The average molecular weight is 313 g/mol. The van der Waals surface area contributed by atoms with Gasteiger partial charge in [0.05, 0.1) is 19.3 Å². The Balaban J connectivity index is 1.64. The Morgan fingerprint density at radius 3 is 3.00 bits per heavy atom. The van der Waals surface area contributed by atoms with E-state index >= 15 is 0 Å². The minimum absolute atomic E-state index is 0.195. The molecule has 0 spiro atoms. The zero-order valence-corrected chi connectivity index (χ0v) is 13.2. The van der Waals surface area contributed by atoms with Crippen LogP contribution < -0.4 is 5.32 Å². The Bertz CT molecular complexity index is 432. The van der Waals surface area contributed by atoms with E-state index < -0.39 is 6.10 Å². The molecule has 2 rings (SSSR count). The molecule has 0 amide bonds. The molecule has 0 saturated heterocycles. The number of nitrogens with one attached hydrogen (secondary N) is 1. The van der Waals surface area contributed by atoms with Gasteiger partial charge in [-0.25, -0.2) is 4.39 Å². The molecule has 3 unspecified atom stereocenters. The van der Waals surface area contributed by atoms with Gasteiger partial charge >= 0.3 is 0 Å². The maximum atomic E-state index is 13.4. The molecule has 1 aromatic rings. The van der Waals surface area contributed by atoms with E-state index in [2.05, 4.69) is 11.6 Å². The highest BCUT2D eigenvalue weighted by molar-refractivity contribution is 7.99. The zero-order chi connectivity index (χ0) is 15.1. The summed E-state index contributed by atoms with van der Waals surface area (Å²) in [6, 6.07) is 7.03. The quantitative estimate of drug-likeness (QED) is 0.774. The Morgan fingerprint density at radius 2 is 2.24 bits per heavy atom. The predicted molar refractivity (Wildman–Crippen MR) is 85.0 cm³/mol. The second kappa shape index (κ2) is 8.73. The SMILES string of the molecule is CSC1CCCC1NCC(O)COCc1ccccc1F. The molecular formula is C16H24FNO2S. The summed E-state index contributed by atoms with van der Waals surface area (Å²) in [5, 5.41) is 14.0. The number of ether oxygens (including phenoxy) is 1.